The van der Waals surface area contributed by atoms with E-state index in [1.807, 2.05) is 49.6 Å². The average molecular weight is 438 g/mol. The number of rotatable bonds is 6. The van der Waals surface area contributed by atoms with Crippen LogP contribution in [0.4, 0.5) is 15.5 Å². The number of hydrogen-bond acceptors (Lipinski definition) is 6. The molecule has 1 fully saturated rings. The molecule has 0 bridgehead atoms. The number of hydrogen-bond donors (Lipinski definition) is 2. The number of piperidine rings is 1. The summed E-state index contributed by atoms with van der Waals surface area (Å²) in [5.74, 6) is 1.47. The molecule has 1 aliphatic heterocycles. The van der Waals surface area contributed by atoms with Gasteiger partial charge in [-0.25, -0.2) is 4.79 Å². The lowest BCUT2D eigenvalue weighted by Gasteiger charge is -2.40. The Morgan fingerprint density at radius 1 is 1.23 bits per heavy atom. The van der Waals surface area contributed by atoms with Crippen molar-refractivity contribution in [3.05, 3.63) is 66.1 Å². The molecule has 1 aromatic carbocycles. The molecule has 162 valence electrons. The Morgan fingerprint density at radius 3 is 2.68 bits per heavy atom. The molecule has 1 saturated heterocycles. The Hall–Kier alpha value is -3.13. The van der Waals surface area contributed by atoms with Crippen molar-refractivity contribution in [1.82, 2.24) is 14.7 Å². The molecule has 2 aromatic heterocycles. The number of pyridine rings is 1. The van der Waals surface area contributed by atoms with Crippen LogP contribution in [-0.2, 0) is 0 Å². The first kappa shape index (κ1) is 21.1. The summed E-state index contributed by atoms with van der Waals surface area (Å²) in [4.78, 5) is 18.9. The first-order chi connectivity index (χ1) is 15.1. The average Bonchev–Trinajstić information content (AvgIpc) is 3.22. The van der Waals surface area contributed by atoms with Crippen LogP contribution in [0.2, 0.25) is 0 Å². The van der Waals surface area contributed by atoms with Gasteiger partial charge in [-0.15, -0.1) is 0 Å². The number of nitrogens with one attached hydrogen (secondary N) is 2. The molecule has 4 rings (SSSR count). The van der Waals surface area contributed by atoms with Gasteiger partial charge in [-0.05, 0) is 66.7 Å². The van der Waals surface area contributed by atoms with Gasteiger partial charge in [0.15, 0.2) is 0 Å². The molecule has 0 spiro atoms. The van der Waals surface area contributed by atoms with Crippen molar-refractivity contribution < 1.29 is 9.53 Å². The standard InChI is InChI=1S/C23H27N5O2S/c1-16-13-22(31-27-16)26-23(29)25-14-18-9-12-28(19-7-10-24-11-8-19)15-21(18)17-3-5-20(30-2)6-4-17/h3-8,10-11,13,18,21H,9,12,14-15H2,1-2H3,(H2,25,26,29). The van der Waals surface area contributed by atoms with E-state index in [9.17, 15) is 4.79 Å². The van der Waals surface area contributed by atoms with E-state index in [2.05, 4.69) is 37.0 Å². The summed E-state index contributed by atoms with van der Waals surface area (Å²) >= 11 is 1.29. The van der Waals surface area contributed by atoms with Crippen molar-refractivity contribution in [2.75, 3.05) is 37.0 Å². The number of aromatic nitrogens is 2. The van der Waals surface area contributed by atoms with E-state index in [1.165, 1.54) is 22.8 Å². The predicted molar refractivity (Wildman–Crippen MR) is 124 cm³/mol. The van der Waals surface area contributed by atoms with E-state index in [0.717, 1.165) is 36.0 Å². The highest BCUT2D eigenvalue weighted by Gasteiger charge is 2.31. The normalized spacial score (nSPS) is 18.5. The van der Waals surface area contributed by atoms with Crippen molar-refractivity contribution in [3.63, 3.8) is 0 Å². The lowest BCUT2D eigenvalue weighted by molar-refractivity contribution is 0.247. The molecule has 3 heterocycles. The molecule has 2 atom stereocenters. The molecule has 0 radical (unpaired) electrons. The van der Waals surface area contributed by atoms with Gasteiger partial charge in [0.2, 0.25) is 0 Å². The number of amides is 2. The fourth-order valence-electron chi connectivity index (χ4n) is 4.07. The van der Waals surface area contributed by atoms with Crippen molar-refractivity contribution in [3.8, 4) is 5.75 Å². The summed E-state index contributed by atoms with van der Waals surface area (Å²) < 4.78 is 9.53. The molecule has 2 N–H and O–H groups in total. The smallest absolute Gasteiger partial charge is 0.319 e. The minimum atomic E-state index is -0.186. The summed E-state index contributed by atoms with van der Waals surface area (Å²) in [6.45, 7) is 4.36. The molecule has 0 aliphatic carbocycles. The summed E-state index contributed by atoms with van der Waals surface area (Å²) in [6, 6.07) is 14.1. The van der Waals surface area contributed by atoms with Gasteiger partial charge in [-0.2, -0.15) is 4.37 Å². The fourth-order valence-corrected chi connectivity index (χ4v) is 4.72. The van der Waals surface area contributed by atoms with Gasteiger partial charge < -0.3 is 15.0 Å². The van der Waals surface area contributed by atoms with Crippen LogP contribution in [0.1, 0.15) is 23.6 Å². The van der Waals surface area contributed by atoms with E-state index in [0.29, 0.717) is 18.4 Å². The molecule has 8 heteroatoms. The van der Waals surface area contributed by atoms with Crippen LogP contribution in [0.5, 0.6) is 5.75 Å². The van der Waals surface area contributed by atoms with Crippen LogP contribution in [-0.4, -0.2) is 42.1 Å². The fraction of sp³-hybridized carbons (Fsp3) is 0.348. The van der Waals surface area contributed by atoms with Gasteiger partial charge in [-0.3, -0.25) is 10.3 Å². The summed E-state index contributed by atoms with van der Waals surface area (Å²) in [5, 5.41) is 6.70. The molecule has 3 aromatic rings. The van der Waals surface area contributed by atoms with Crippen LogP contribution in [0, 0.1) is 12.8 Å². The second kappa shape index (κ2) is 9.78. The minimum absolute atomic E-state index is 0.186. The topological polar surface area (TPSA) is 79.4 Å². The van der Waals surface area contributed by atoms with E-state index >= 15 is 0 Å². The summed E-state index contributed by atoms with van der Waals surface area (Å²) in [6.07, 6.45) is 4.65. The van der Waals surface area contributed by atoms with Crippen LogP contribution in [0.25, 0.3) is 0 Å². The largest absolute Gasteiger partial charge is 0.497 e. The van der Waals surface area contributed by atoms with Gasteiger partial charge >= 0.3 is 6.03 Å². The van der Waals surface area contributed by atoms with E-state index in [-0.39, 0.29) is 6.03 Å². The van der Waals surface area contributed by atoms with Crippen molar-refractivity contribution in [2.45, 2.75) is 19.3 Å². The summed E-state index contributed by atoms with van der Waals surface area (Å²) in [5.41, 5.74) is 3.34. The SMILES string of the molecule is COc1ccc(C2CN(c3ccncc3)CCC2CNC(=O)Nc2cc(C)ns2)cc1. The number of ether oxygens (including phenoxy) is 1. The Morgan fingerprint density at radius 2 is 2.00 bits per heavy atom. The first-order valence-electron chi connectivity index (χ1n) is 10.4. The number of aryl methyl sites for hydroxylation is 1. The number of carbonyl (C=O) groups excluding carboxylic acids is 1. The number of anilines is 2. The van der Waals surface area contributed by atoms with E-state index < -0.39 is 0 Å². The Bertz CT molecular complexity index is 993. The minimum Gasteiger partial charge on any atom is -0.497 e. The van der Waals surface area contributed by atoms with Crippen molar-refractivity contribution in [1.29, 1.82) is 0 Å². The molecule has 2 unspecified atom stereocenters. The molecule has 0 saturated carbocycles. The quantitative estimate of drug-likeness (QED) is 0.602. The maximum Gasteiger partial charge on any atom is 0.319 e. The van der Waals surface area contributed by atoms with Gasteiger partial charge in [0.1, 0.15) is 10.8 Å². The Labute approximate surface area is 186 Å². The highest BCUT2D eigenvalue weighted by atomic mass is 32.1. The van der Waals surface area contributed by atoms with E-state index in [1.54, 1.807) is 7.11 Å². The molecule has 2 amide bonds. The number of nitrogens with zero attached hydrogens (tertiary/aromatic N) is 3. The van der Waals surface area contributed by atoms with Crippen LogP contribution < -0.4 is 20.3 Å². The van der Waals surface area contributed by atoms with Crippen molar-refractivity contribution in [2.24, 2.45) is 5.92 Å². The zero-order valence-electron chi connectivity index (χ0n) is 17.7. The zero-order valence-corrected chi connectivity index (χ0v) is 18.6. The number of methoxy groups -OCH3 is 1. The number of carbonyl (C=O) groups is 1. The second-order valence-corrected chi connectivity index (χ2v) is 8.55. The number of urea groups is 1. The van der Waals surface area contributed by atoms with Gasteiger partial charge in [0.25, 0.3) is 0 Å². The van der Waals surface area contributed by atoms with Crippen LogP contribution in [0.15, 0.2) is 54.9 Å². The van der Waals surface area contributed by atoms with Gasteiger partial charge in [-0.1, -0.05) is 12.1 Å². The summed E-state index contributed by atoms with van der Waals surface area (Å²) in [7, 11) is 1.68. The molecule has 7 nitrogen and oxygen atoms in total. The third kappa shape index (κ3) is 5.32. The third-order valence-corrected chi connectivity index (χ3v) is 6.51. The third-order valence-electron chi connectivity index (χ3n) is 5.72. The molecular formula is C23H27N5O2S. The van der Waals surface area contributed by atoms with Gasteiger partial charge in [0.05, 0.1) is 12.8 Å². The Kier molecular flexibility index (Phi) is 6.66. The van der Waals surface area contributed by atoms with Crippen molar-refractivity contribution >= 4 is 28.3 Å². The highest BCUT2D eigenvalue weighted by Crippen LogP contribution is 2.35. The maximum absolute atomic E-state index is 12.4. The first-order valence-corrected chi connectivity index (χ1v) is 11.2. The number of benzene rings is 1. The van der Waals surface area contributed by atoms with Crippen LogP contribution >= 0.6 is 11.5 Å². The van der Waals surface area contributed by atoms with E-state index in [4.69, 9.17) is 4.74 Å². The molecule has 31 heavy (non-hydrogen) atoms. The Balaban J connectivity index is 1.45. The maximum atomic E-state index is 12.4. The van der Waals surface area contributed by atoms with Gasteiger partial charge in [0, 0.05) is 43.6 Å². The zero-order chi connectivity index (χ0) is 21.6. The lowest BCUT2D eigenvalue weighted by atomic mass is 9.80. The molecule has 1 aliphatic rings. The highest BCUT2D eigenvalue weighted by molar-refractivity contribution is 7.10. The van der Waals surface area contributed by atoms with Crippen LogP contribution in [0.3, 0.4) is 0 Å². The predicted octanol–water partition coefficient (Wildman–Crippen LogP) is 4.29. The molecular weight excluding hydrogens is 410 g/mol. The lowest BCUT2D eigenvalue weighted by Crippen LogP contribution is -2.44. The second-order valence-electron chi connectivity index (χ2n) is 7.75. The monoisotopic (exact) mass is 437 g/mol.